The lowest BCUT2D eigenvalue weighted by molar-refractivity contribution is -0.131. The molecule has 1 aliphatic heterocycles. The minimum Gasteiger partial charge on any atom is -0.495 e. The molecule has 1 fully saturated rings. The van der Waals surface area contributed by atoms with Gasteiger partial charge in [-0.1, -0.05) is 18.9 Å². The summed E-state index contributed by atoms with van der Waals surface area (Å²) < 4.78 is 31.5. The summed E-state index contributed by atoms with van der Waals surface area (Å²) in [5.41, 5.74) is 0.537. The van der Waals surface area contributed by atoms with Crippen LogP contribution in [0.25, 0.3) is 6.08 Å². The lowest BCUT2D eigenvalue weighted by atomic mass is 10.2. The molecular formula is C20H29N3O5S. The van der Waals surface area contributed by atoms with E-state index >= 15 is 0 Å². The number of hydrogen-bond acceptors (Lipinski definition) is 5. The summed E-state index contributed by atoms with van der Waals surface area (Å²) in [6.07, 6.45) is 7.49. The summed E-state index contributed by atoms with van der Waals surface area (Å²) in [5.74, 6) is -0.0660. The summed E-state index contributed by atoms with van der Waals surface area (Å²) in [7, 11) is -0.985. The molecule has 0 aromatic heterocycles. The first-order valence-corrected chi connectivity index (χ1v) is 11.2. The van der Waals surface area contributed by atoms with Crippen molar-refractivity contribution in [2.24, 2.45) is 0 Å². The second-order valence-corrected chi connectivity index (χ2v) is 8.64. The Hall–Kier alpha value is -2.39. The van der Waals surface area contributed by atoms with Gasteiger partial charge in [-0.15, -0.1) is 0 Å². The molecule has 0 unspecified atom stereocenters. The zero-order chi connectivity index (χ0) is 21.3. The molecule has 2 N–H and O–H groups in total. The highest BCUT2D eigenvalue weighted by atomic mass is 32.2. The predicted molar refractivity (Wildman–Crippen MR) is 111 cm³/mol. The van der Waals surface area contributed by atoms with Crippen molar-refractivity contribution in [1.29, 1.82) is 0 Å². The topological polar surface area (TPSA) is 105 Å². The largest absolute Gasteiger partial charge is 0.495 e. The van der Waals surface area contributed by atoms with Crippen molar-refractivity contribution in [3.05, 3.63) is 29.8 Å². The molecule has 1 aliphatic rings. The van der Waals surface area contributed by atoms with Crippen LogP contribution in [0.15, 0.2) is 29.2 Å². The first-order valence-electron chi connectivity index (χ1n) is 9.72. The van der Waals surface area contributed by atoms with Crippen molar-refractivity contribution in [2.45, 2.75) is 37.0 Å². The number of rotatable bonds is 8. The van der Waals surface area contributed by atoms with E-state index in [1.807, 2.05) is 4.90 Å². The molecule has 1 aromatic carbocycles. The van der Waals surface area contributed by atoms with Gasteiger partial charge in [0.2, 0.25) is 21.8 Å². The van der Waals surface area contributed by atoms with E-state index < -0.39 is 10.0 Å². The maximum atomic E-state index is 12.2. The van der Waals surface area contributed by atoms with Gasteiger partial charge in [0.15, 0.2) is 0 Å². The first kappa shape index (κ1) is 22.9. The number of likely N-dealkylation sites (tertiary alicyclic amines) is 1. The van der Waals surface area contributed by atoms with E-state index in [2.05, 4.69) is 10.0 Å². The van der Waals surface area contributed by atoms with Gasteiger partial charge in [0, 0.05) is 32.1 Å². The highest BCUT2D eigenvalue weighted by molar-refractivity contribution is 7.89. The van der Waals surface area contributed by atoms with Crippen molar-refractivity contribution in [3.63, 3.8) is 0 Å². The molecule has 0 radical (unpaired) electrons. The molecule has 1 saturated heterocycles. The molecule has 1 aromatic rings. The highest BCUT2D eigenvalue weighted by Crippen LogP contribution is 2.25. The summed E-state index contributed by atoms with van der Waals surface area (Å²) >= 11 is 0. The number of amides is 2. The van der Waals surface area contributed by atoms with E-state index in [9.17, 15) is 18.0 Å². The molecule has 2 amide bonds. The standard InChI is InChI=1S/C20H29N3O5S/c1-21-29(26,27)18-15-16(7-9-17(18)28-2)8-10-19(24)22-12-11-20(25)23-13-5-3-4-6-14-23/h7-10,15,21H,3-6,11-14H2,1-2H3,(H,22,24)/b10-8+. The van der Waals surface area contributed by atoms with Gasteiger partial charge >= 0.3 is 0 Å². The lowest BCUT2D eigenvalue weighted by Crippen LogP contribution is -2.34. The third kappa shape index (κ3) is 6.86. The molecule has 0 saturated carbocycles. The lowest BCUT2D eigenvalue weighted by Gasteiger charge is -2.20. The molecular weight excluding hydrogens is 394 g/mol. The molecule has 160 valence electrons. The number of nitrogens with one attached hydrogen (secondary N) is 2. The summed E-state index contributed by atoms with van der Waals surface area (Å²) in [4.78, 5) is 26.1. The third-order valence-electron chi connectivity index (χ3n) is 4.77. The molecule has 0 spiro atoms. The van der Waals surface area contributed by atoms with E-state index in [4.69, 9.17) is 4.74 Å². The molecule has 0 atom stereocenters. The molecule has 29 heavy (non-hydrogen) atoms. The molecule has 8 nitrogen and oxygen atoms in total. The average molecular weight is 424 g/mol. The van der Waals surface area contributed by atoms with E-state index in [1.54, 1.807) is 6.07 Å². The maximum absolute atomic E-state index is 12.2. The number of methoxy groups -OCH3 is 1. The smallest absolute Gasteiger partial charge is 0.244 e. The number of nitrogens with zero attached hydrogens (tertiary/aromatic N) is 1. The molecule has 9 heteroatoms. The van der Waals surface area contributed by atoms with Crippen LogP contribution in [0, 0.1) is 0 Å². The fraction of sp³-hybridized carbons (Fsp3) is 0.500. The van der Waals surface area contributed by atoms with Crippen LogP contribution >= 0.6 is 0 Å². The minimum atomic E-state index is -3.69. The van der Waals surface area contributed by atoms with Crippen LogP contribution in [0.2, 0.25) is 0 Å². The van der Waals surface area contributed by atoms with Gasteiger partial charge in [0.25, 0.3) is 0 Å². The van der Waals surface area contributed by atoms with Crippen molar-refractivity contribution in [1.82, 2.24) is 14.9 Å². The van der Waals surface area contributed by atoms with Gasteiger partial charge in [-0.05, 0) is 43.7 Å². The fourth-order valence-electron chi connectivity index (χ4n) is 3.12. The van der Waals surface area contributed by atoms with Crippen LogP contribution in [0.1, 0.15) is 37.7 Å². The number of ether oxygens (including phenoxy) is 1. The number of carbonyl (C=O) groups excluding carboxylic acids is 2. The van der Waals surface area contributed by atoms with E-state index in [0.29, 0.717) is 5.56 Å². The van der Waals surface area contributed by atoms with Crippen LogP contribution in [0.5, 0.6) is 5.75 Å². The van der Waals surface area contributed by atoms with E-state index in [0.717, 1.165) is 38.8 Å². The zero-order valence-electron chi connectivity index (χ0n) is 16.9. The van der Waals surface area contributed by atoms with Gasteiger partial charge < -0.3 is 15.0 Å². The van der Waals surface area contributed by atoms with E-state index in [-0.39, 0.29) is 35.4 Å². The molecule has 0 bridgehead atoms. The Morgan fingerprint density at radius 3 is 2.48 bits per heavy atom. The second-order valence-electron chi connectivity index (χ2n) is 6.79. The number of hydrogen-bond donors (Lipinski definition) is 2. The van der Waals surface area contributed by atoms with Gasteiger partial charge in [-0.3, -0.25) is 9.59 Å². The molecule has 0 aliphatic carbocycles. The third-order valence-corrected chi connectivity index (χ3v) is 6.21. The summed E-state index contributed by atoms with van der Waals surface area (Å²) in [6, 6.07) is 4.61. The zero-order valence-corrected chi connectivity index (χ0v) is 17.8. The van der Waals surface area contributed by atoms with Crippen LogP contribution in [-0.4, -0.2) is 58.9 Å². The van der Waals surface area contributed by atoms with Crippen LogP contribution < -0.4 is 14.8 Å². The Morgan fingerprint density at radius 1 is 1.17 bits per heavy atom. The number of sulfonamides is 1. The SMILES string of the molecule is CNS(=O)(=O)c1cc(/C=C/C(=O)NCCC(=O)N2CCCCCC2)ccc1OC. The Morgan fingerprint density at radius 2 is 1.86 bits per heavy atom. The summed E-state index contributed by atoms with van der Waals surface area (Å²) in [5, 5.41) is 2.69. The normalized spacial score (nSPS) is 15.2. The summed E-state index contributed by atoms with van der Waals surface area (Å²) in [6.45, 7) is 1.85. The van der Waals surface area contributed by atoms with Gasteiger partial charge in [-0.2, -0.15) is 0 Å². The second kappa shape index (κ2) is 11.0. The number of benzene rings is 1. The minimum absolute atomic E-state index is 0.00638. The van der Waals surface area contributed by atoms with Crippen LogP contribution in [-0.2, 0) is 19.6 Å². The Labute approximate surface area is 172 Å². The average Bonchev–Trinajstić information content (AvgIpc) is 3.01. The van der Waals surface area contributed by atoms with Gasteiger partial charge in [0.05, 0.1) is 7.11 Å². The van der Waals surface area contributed by atoms with Crippen LogP contribution in [0.4, 0.5) is 0 Å². The van der Waals surface area contributed by atoms with Crippen molar-refractivity contribution >= 4 is 27.9 Å². The first-order chi connectivity index (χ1) is 13.9. The van der Waals surface area contributed by atoms with Crippen molar-refractivity contribution < 1.29 is 22.7 Å². The Bertz CT molecular complexity index is 844. The predicted octanol–water partition coefficient (Wildman–Crippen LogP) is 1.53. The fourth-order valence-corrected chi connectivity index (χ4v) is 4.05. The molecule has 2 rings (SSSR count). The van der Waals surface area contributed by atoms with E-state index in [1.165, 1.54) is 38.4 Å². The molecule has 1 heterocycles. The van der Waals surface area contributed by atoms with Gasteiger partial charge in [-0.25, -0.2) is 13.1 Å². The van der Waals surface area contributed by atoms with Crippen LogP contribution in [0.3, 0.4) is 0 Å². The monoisotopic (exact) mass is 423 g/mol. The maximum Gasteiger partial charge on any atom is 0.244 e. The Kier molecular flexibility index (Phi) is 8.66. The van der Waals surface area contributed by atoms with Gasteiger partial charge in [0.1, 0.15) is 10.6 Å². The Balaban J connectivity index is 1.90. The van der Waals surface area contributed by atoms with Crippen molar-refractivity contribution in [2.75, 3.05) is 33.8 Å². The number of carbonyl (C=O) groups is 2. The quantitative estimate of drug-likeness (QED) is 0.617. The highest BCUT2D eigenvalue weighted by Gasteiger charge is 2.18. The van der Waals surface area contributed by atoms with Crippen molar-refractivity contribution in [3.8, 4) is 5.75 Å².